The fourth-order valence-electron chi connectivity index (χ4n) is 3.56. The van der Waals surface area contributed by atoms with Gasteiger partial charge in [0.2, 0.25) is 0 Å². The number of imidazole rings is 1. The Morgan fingerprint density at radius 3 is 2.86 bits per heavy atom. The molecular formula is C22H24N4O2. The van der Waals surface area contributed by atoms with E-state index in [0.29, 0.717) is 18.7 Å². The van der Waals surface area contributed by atoms with Crippen LogP contribution < -0.4 is 0 Å². The predicted molar refractivity (Wildman–Crippen MR) is 107 cm³/mol. The second-order valence-electron chi connectivity index (χ2n) is 7.08. The van der Waals surface area contributed by atoms with Crippen molar-refractivity contribution in [3.63, 3.8) is 0 Å². The Morgan fingerprint density at radius 2 is 2.14 bits per heavy atom. The molecule has 1 aliphatic rings. The molecule has 1 fully saturated rings. The number of carbonyl (C=O) groups excluding carboxylic acids is 1. The van der Waals surface area contributed by atoms with E-state index in [-0.39, 0.29) is 12.0 Å². The van der Waals surface area contributed by atoms with Gasteiger partial charge in [-0.05, 0) is 37.1 Å². The maximum Gasteiger partial charge on any atom is 0.254 e. The molecule has 0 N–H and O–H groups in total. The lowest BCUT2D eigenvalue weighted by molar-refractivity contribution is 0.0504. The Bertz CT molecular complexity index is 932. The van der Waals surface area contributed by atoms with Gasteiger partial charge in [-0.2, -0.15) is 0 Å². The molecule has 4 rings (SSSR count). The Balaban J connectivity index is 1.60. The molecule has 1 atom stereocenters. The molecule has 0 saturated carbocycles. The molecule has 0 radical (unpaired) electrons. The van der Waals surface area contributed by atoms with Gasteiger partial charge in [-0.15, -0.1) is 0 Å². The number of pyridine rings is 1. The minimum absolute atomic E-state index is 0.0165. The molecule has 1 aliphatic heterocycles. The summed E-state index contributed by atoms with van der Waals surface area (Å²) < 4.78 is 7.72. The number of hydrogen-bond donors (Lipinski definition) is 0. The largest absolute Gasteiger partial charge is 0.376 e. The van der Waals surface area contributed by atoms with Crippen LogP contribution >= 0.6 is 0 Å². The number of benzene rings is 1. The third kappa shape index (κ3) is 4.12. The highest BCUT2D eigenvalue weighted by atomic mass is 16.5. The number of amides is 1. The average molecular weight is 376 g/mol. The molecule has 1 amide bonds. The number of aryl methyl sites for hydroxylation is 1. The van der Waals surface area contributed by atoms with Gasteiger partial charge in [0, 0.05) is 49.9 Å². The standard InChI is InChI=1S/C22H24N4O2/c1-25-12-11-24-21(25)17-6-4-7-18(14-17)22(27)26(16-20-9-5-13-28-20)15-19-8-2-3-10-23-19/h2-4,6-8,10-12,14,20H,5,9,13,15-16H2,1H3/t20-/m0/s1. The minimum atomic E-state index is -0.0165. The van der Waals surface area contributed by atoms with Crippen LogP contribution in [-0.4, -0.2) is 44.6 Å². The summed E-state index contributed by atoms with van der Waals surface area (Å²) >= 11 is 0. The summed E-state index contributed by atoms with van der Waals surface area (Å²) in [7, 11) is 1.95. The van der Waals surface area contributed by atoms with Crippen LogP contribution in [0, 0.1) is 0 Å². The second-order valence-corrected chi connectivity index (χ2v) is 7.08. The van der Waals surface area contributed by atoms with Crippen molar-refractivity contribution in [3.05, 3.63) is 72.3 Å². The van der Waals surface area contributed by atoms with E-state index in [0.717, 1.165) is 36.5 Å². The van der Waals surface area contributed by atoms with Crippen molar-refractivity contribution in [3.8, 4) is 11.4 Å². The van der Waals surface area contributed by atoms with Gasteiger partial charge in [0.15, 0.2) is 0 Å². The van der Waals surface area contributed by atoms with Crippen LogP contribution in [0.25, 0.3) is 11.4 Å². The highest BCUT2D eigenvalue weighted by molar-refractivity contribution is 5.95. The average Bonchev–Trinajstić information content (AvgIpc) is 3.39. The predicted octanol–water partition coefficient (Wildman–Crippen LogP) is 3.30. The quantitative estimate of drug-likeness (QED) is 0.662. The van der Waals surface area contributed by atoms with Gasteiger partial charge in [0.1, 0.15) is 5.82 Å². The SMILES string of the molecule is Cn1ccnc1-c1cccc(C(=O)N(Cc2ccccn2)C[C@@H]2CCCO2)c1. The normalized spacial score (nSPS) is 16.2. The Kier molecular flexibility index (Phi) is 5.48. The van der Waals surface area contributed by atoms with E-state index < -0.39 is 0 Å². The molecule has 28 heavy (non-hydrogen) atoms. The summed E-state index contributed by atoms with van der Waals surface area (Å²) in [5, 5.41) is 0. The van der Waals surface area contributed by atoms with Crippen LogP contribution in [0.1, 0.15) is 28.9 Å². The minimum Gasteiger partial charge on any atom is -0.376 e. The van der Waals surface area contributed by atoms with Crippen LogP contribution in [0.15, 0.2) is 61.1 Å². The van der Waals surface area contributed by atoms with Crippen molar-refractivity contribution in [1.29, 1.82) is 0 Å². The third-order valence-corrected chi connectivity index (χ3v) is 5.00. The van der Waals surface area contributed by atoms with E-state index in [4.69, 9.17) is 4.74 Å². The third-order valence-electron chi connectivity index (χ3n) is 5.00. The highest BCUT2D eigenvalue weighted by Gasteiger charge is 2.24. The highest BCUT2D eigenvalue weighted by Crippen LogP contribution is 2.21. The lowest BCUT2D eigenvalue weighted by atomic mass is 10.1. The zero-order valence-electron chi connectivity index (χ0n) is 16.0. The molecule has 0 aliphatic carbocycles. The van der Waals surface area contributed by atoms with Gasteiger partial charge in [-0.25, -0.2) is 4.98 Å². The fraction of sp³-hybridized carbons (Fsp3) is 0.318. The smallest absolute Gasteiger partial charge is 0.254 e. The van der Waals surface area contributed by atoms with Crippen molar-refractivity contribution >= 4 is 5.91 Å². The number of ether oxygens (including phenoxy) is 1. The van der Waals surface area contributed by atoms with Crippen LogP contribution in [0.3, 0.4) is 0 Å². The first-order valence-corrected chi connectivity index (χ1v) is 9.59. The summed E-state index contributed by atoms with van der Waals surface area (Å²) in [4.78, 5) is 24.0. The Morgan fingerprint density at radius 1 is 1.21 bits per heavy atom. The maximum atomic E-state index is 13.4. The summed E-state index contributed by atoms with van der Waals surface area (Å²) in [5.74, 6) is 0.822. The van der Waals surface area contributed by atoms with E-state index in [9.17, 15) is 4.79 Å². The van der Waals surface area contributed by atoms with E-state index in [1.54, 1.807) is 12.4 Å². The molecule has 1 aromatic carbocycles. The zero-order valence-corrected chi connectivity index (χ0v) is 16.0. The number of aromatic nitrogens is 3. The first-order chi connectivity index (χ1) is 13.7. The van der Waals surface area contributed by atoms with Crippen LogP contribution in [-0.2, 0) is 18.3 Å². The van der Waals surface area contributed by atoms with Gasteiger partial charge in [-0.3, -0.25) is 9.78 Å². The van der Waals surface area contributed by atoms with Crippen molar-refractivity contribution in [2.45, 2.75) is 25.5 Å². The van der Waals surface area contributed by atoms with Crippen LogP contribution in [0.5, 0.6) is 0 Å². The summed E-state index contributed by atoms with van der Waals surface area (Å²) in [6, 6.07) is 13.4. The second kappa shape index (κ2) is 8.35. The van der Waals surface area contributed by atoms with Crippen molar-refractivity contribution < 1.29 is 9.53 Å². The number of nitrogens with zero attached hydrogens (tertiary/aromatic N) is 4. The van der Waals surface area contributed by atoms with Crippen LogP contribution in [0.2, 0.25) is 0 Å². The van der Waals surface area contributed by atoms with Crippen LogP contribution in [0.4, 0.5) is 0 Å². The van der Waals surface area contributed by atoms with Gasteiger partial charge < -0.3 is 14.2 Å². The molecule has 6 heteroatoms. The number of carbonyl (C=O) groups is 1. The molecular weight excluding hydrogens is 352 g/mol. The van der Waals surface area contributed by atoms with Gasteiger partial charge in [0.05, 0.1) is 18.3 Å². The Labute approximate surface area is 164 Å². The molecule has 0 unspecified atom stereocenters. The molecule has 144 valence electrons. The van der Waals surface area contributed by atoms with E-state index in [1.165, 1.54) is 0 Å². The van der Waals surface area contributed by atoms with Gasteiger partial charge in [0.25, 0.3) is 5.91 Å². The van der Waals surface area contributed by atoms with E-state index >= 15 is 0 Å². The molecule has 3 heterocycles. The molecule has 3 aromatic rings. The summed E-state index contributed by atoms with van der Waals surface area (Å²) in [6.07, 6.45) is 7.53. The van der Waals surface area contributed by atoms with E-state index in [1.807, 2.05) is 65.2 Å². The first kappa shape index (κ1) is 18.4. The molecule has 0 spiro atoms. The van der Waals surface area contributed by atoms with Crippen molar-refractivity contribution in [2.24, 2.45) is 7.05 Å². The zero-order chi connectivity index (χ0) is 19.3. The first-order valence-electron chi connectivity index (χ1n) is 9.59. The van der Waals surface area contributed by atoms with E-state index in [2.05, 4.69) is 9.97 Å². The van der Waals surface area contributed by atoms with Gasteiger partial charge >= 0.3 is 0 Å². The lowest BCUT2D eigenvalue weighted by Crippen LogP contribution is -2.37. The molecule has 2 aromatic heterocycles. The van der Waals surface area contributed by atoms with Crippen molar-refractivity contribution in [1.82, 2.24) is 19.4 Å². The summed E-state index contributed by atoms with van der Waals surface area (Å²) in [5.41, 5.74) is 2.44. The topological polar surface area (TPSA) is 60.2 Å². The number of rotatable bonds is 6. The molecule has 6 nitrogen and oxygen atoms in total. The lowest BCUT2D eigenvalue weighted by Gasteiger charge is -2.25. The fourth-order valence-corrected chi connectivity index (χ4v) is 3.56. The van der Waals surface area contributed by atoms with Gasteiger partial charge in [-0.1, -0.05) is 18.2 Å². The molecule has 0 bridgehead atoms. The Hall–Kier alpha value is -2.99. The summed E-state index contributed by atoms with van der Waals surface area (Å²) in [6.45, 7) is 1.80. The van der Waals surface area contributed by atoms with Crippen molar-refractivity contribution in [2.75, 3.05) is 13.2 Å². The maximum absolute atomic E-state index is 13.4. The molecule has 1 saturated heterocycles. The number of hydrogen-bond acceptors (Lipinski definition) is 4. The monoisotopic (exact) mass is 376 g/mol.